The van der Waals surface area contributed by atoms with Crippen LogP contribution in [0.3, 0.4) is 0 Å². The Morgan fingerprint density at radius 2 is 1.92 bits per heavy atom. The average molecular weight is 374 g/mol. The van der Waals surface area contributed by atoms with Gasteiger partial charge in [0.15, 0.2) is 5.76 Å². The number of carbonyl (C=O) groups excluding carboxylic acids is 1. The van der Waals surface area contributed by atoms with Gasteiger partial charge in [-0.3, -0.25) is 4.79 Å². The molecule has 134 valence electrons. The van der Waals surface area contributed by atoms with Crippen LogP contribution >= 0.6 is 11.6 Å². The van der Waals surface area contributed by atoms with Crippen LogP contribution in [0.5, 0.6) is 5.75 Å². The lowest BCUT2D eigenvalue weighted by Gasteiger charge is -2.07. The highest BCUT2D eigenvalue weighted by atomic mass is 35.5. The molecule has 0 saturated carbocycles. The molecular weight excluding hydrogens is 357 g/mol. The summed E-state index contributed by atoms with van der Waals surface area (Å²) >= 11 is 5.92. The maximum Gasteiger partial charge on any atom is 0.287 e. The molecule has 0 bridgehead atoms. The van der Waals surface area contributed by atoms with Gasteiger partial charge in [0.25, 0.3) is 5.91 Å². The van der Waals surface area contributed by atoms with E-state index in [1.165, 1.54) is 12.1 Å². The van der Waals surface area contributed by atoms with Crippen LogP contribution in [0.2, 0.25) is 5.02 Å². The number of hydrogen-bond acceptors (Lipinski definition) is 3. The van der Waals surface area contributed by atoms with Crippen molar-refractivity contribution >= 4 is 17.5 Å². The second-order valence-electron chi connectivity index (χ2n) is 5.77. The van der Waals surface area contributed by atoms with E-state index in [1.807, 2.05) is 13.0 Å². The predicted molar refractivity (Wildman–Crippen MR) is 96.8 cm³/mol. The summed E-state index contributed by atoms with van der Waals surface area (Å²) in [4.78, 5) is 12.1. The number of rotatable bonds is 6. The van der Waals surface area contributed by atoms with Gasteiger partial charge >= 0.3 is 0 Å². The number of ether oxygens (including phenoxy) is 1. The Morgan fingerprint density at radius 3 is 2.65 bits per heavy atom. The highest BCUT2D eigenvalue weighted by molar-refractivity contribution is 6.30. The van der Waals surface area contributed by atoms with Gasteiger partial charge in [0, 0.05) is 11.6 Å². The van der Waals surface area contributed by atoms with E-state index in [2.05, 4.69) is 5.32 Å². The van der Waals surface area contributed by atoms with Gasteiger partial charge in [-0.25, -0.2) is 4.39 Å². The summed E-state index contributed by atoms with van der Waals surface area (Å²) in [5.74, 6) is 0.771. The molecule has 0 unspecified atom stereocenters. The molecule has 0 fully saturated rings. The Bertz CT molecular complexity index is 906. The number of benzene rings is 2. The molecule has 3 rings (SSSR count). The summed E-state index contributed by atoms with van der Waals surface area (Å²) in [5.41, 5.74) is 1.72. The van der Waals surface area contributed by atoms with Crippen molar-refractivity contribution in [1.29, 1.82) is 0 Å². The molecule has 4 nitrogen and oxygen atoms in total. The molecular formula is C20H17ClFNO3. The minimum Gasteiger partial charge on any atom is -0.485 e. The van der Waals surface area contributed by atoms with Gasteiger partial charge < -0.3 is 14.5 Å². The third-order valence-corrected chi connectivity index (χ3v) is 3.99. The summed E-state index contributed by atoms with van der Waals surface area (Å²) in [6.07, 6.45) is 0. The highest BCUT2D eigenvalue weighted by Gasteiger charge is 2.12. The maximum absolute atomic E-state index is 12.9. The van der Waals surface area contributed by atoms with Crippen LogP contribution in [0.15, 0.2) is 59.0 Å². The minimum atomic E-state index is -0.344. The van der Waals surface area contributed by atoms with Gasteiger partial charge in [0.05, 0.1) is 0 Å². The Balaban J connectivity index is 1.55. The van der Waals surface area contributed by atoms with E-state index in [0.29, 0.717) is 16.5 Å². The Hall–Kier alpha value is -2.79. The number of amides is 1. The molecule has 0 saturated heterocycles. The SMILES string of the molecule is Cc1cc(Cl)ccc1OCc1ccc(C(=O)NCc2ccc(F)cc2)o1. The Labute approximate surface area is 155 Å². The third kappa shape index (κ3) is 4.64. The fourth-order valence-corrected chi connectivity index (χ4v) is 2.60. The lowest BCUT2D eigenvalue weighted by Crippen LogP contribution is -2.22. The zero-order valence-corrected chi connectivity index (χ0v) is 14.8. The maximum atomic E-state index is 12.9. The zero-order valence-electron chi connectivity index (χ0n) is 14.1. The first-order valence-corrected chi connectivity index (χ1v) is 8.39. The van der Waals surface area contributed by atoms with E-state index in [-0.39, 0.29) is 30.6 Å². The summed E-state index contributed by atoms with van der Waals surface area (Å²) in [5, 5.41) is 3.37. The first-order valence-electron chi connectivity index (χ1n) is 8.01. The monoisotopic (exact) mass is 373 g/mol. The van der Waals surface area contributed by atoms with Crippen LogP contribution in [0.1, 0.15) is 27.4 Å². The topological polar surface area (TPSA) is 51.5 Å². The fraction of sp³-hybridized carbons (Fsp3) is 0.150. The summed E-state index contributed by atoms with van der Waals surface area (Å²) in [6.45, 7) is 2.39. The summed E-state index contributed by atoms with van der Waals surface area (Å²) in [6, 6.07) is 14.6. The quantitative estimate of drug-likeness (QED) is 0.669. The molecule has 0 radical (unpaired) electrons. The molecule has 1 N–H and O–H groups in total. The van der Waals surface area contributed by atoms with Crippen LogP contribution in [0.4, 0.5) is 4.39 Å². The van der Waals surface area contributed by atoms with Crippen LogP contribution in [0.25, 0.3) is 0 Å². The van der Waals surface area contributed by atoms with Crippen LogP contribution in [0, 0.1) is 12.7 Å². The van der Waals surface area contributed by atoms with E-state index in [4.69, 9.17) is 20.8 Å². The van der Waals surface area contributed by atoms with Crippen molar-refractivity contribution in [2.75, 3.05) is 0 Å². The fourth-order valence-electron chi connectivity index (χ4n) is 2.37. The lowest BCUT2D eigenvalue weighted by molar-refractivity contribution is 0.0919. The smallest absolute Gasteiger partial charge is 0.287 e. The number of furan rings is 1. The van der Waals surface area contributed by atoms with Crippen molar-refractivity contribution in [3.63, 3.8) is 0 Å². The van der Waals surface area contributed by atoms with Gasteiger partial charge in [0.1, 0.15) is 23.9 Å². The lowest BCUT2D eigenvalue weighted by atomic mass is 10.2. The Kier molecular flexibility index (Phi) is 5.58. The molecule has 1 aromatic heterocycles. The van der Waals surface area contributed by atoms with E-state index >= 15 is 0 Å². The standard InChI is InChI=1S/C20H17ClFNO3/c1-13-10-15(21)4-8-18(13)25-12-17-7-9-19(26-17)20(24)23-11-14-2-5-16(22)6-3-14/h2-10H,11-12H2,1H3,(H,23,24). The third-order valence-electron chi connectivity index (χ3n) is 3.76. The number of aryl methyl sites for hydroxylation is 1. The number of nitrogens with one attached hydrogen (secondary N) is 1. The average Bonchev–Trinajstić information content (AvgIpc) is 3.09. The molecule has 3 aromatic rings. The Morgan fingerprint density at radius 1 is 1.15 bits per heavy atom. The number of carbonyl (C=O) groups is 1. The number of halogens is 2. The van der Waals surface area contributed by atoms with Gasteiger partial charge in [-0.05, 0) is 60.5 Å². The summed E-state index contributed by atoms with van der Waals surface area (Å²) < 4.78 is 24.1. The second kappa shape index (κ2) is 8.06. The molecule has 26 heavy (non-hydrogen) atoms. The van der Waals surface area contributed by atoms with E-state index in [9.17, 15) is 9.18 Å². The van der Waals surface area contributed by atoms with Crippen molar-refractivity contribution in [3.8, 4) is 5.75 Å². The van der Waals surface area contributed by atoms with Crippen molar-refractivity contribution in [1.82, 2.24) is 5.32 Å². The van der Waals surface area contributed by atoms with Crippen LogP contribution in [-0.2, 0) is 13.2 Å². The molecule has 0 aliphatic rings. The van der Waals surface area contributed by atoms with E-state index in [1.54, 1.807) is 36.4 Å². The van der Waals surface area contributed by atoms with Crippen LogP contribution < -0.4 is 10.1 Å². The van der Waals surface area contributed by atoms with Crippen molar-refractivity contribution in [3.05, 3.63) is 88.1 Å². The van der Waals surface area contributed by atoms with Crippen molar-refractivity contribution in [2.45, 2.75) is 20.1 Å². The van der Waals surface area contributed by atoms with Crippen molar-refractivity contribution < 1.29 is 18.3 Å². The normalized spacial score (nSPS) is 10.6. The molecule has 6 heteroatoms. The molecule has 0 aliphatic heterocycles. The molecule has 2 aromatic carbocycles. The zero-order chi connectivity index (χ0) is 18.5. The van der Waals surface area contributed by atoms with Gasteiger partial charge in [-0.15, -0.1) is 0 Å². The number of hydrogen-bond donors (Lipinski definition) is 1. The minimum absolute atomic E-state index is 0.193. The van der Waals surface area contributed by atoms with Gasteiger partial charge in [-0.1, -0.05) is 23.7 Å². The van der Waals surface area contributed by atoms with Gasteiger partial charge in [0.2, 0.25) is 0 Å². The van der Waals surface area contributed by atoms with E-state index in [0.717, 1.165) is 11.1 Å². The van der Waals surface area contributed by atoms with Crippen molar-refractivity contribution in [2.24, 2.45) is 0 Å². The molecule has 0 spiro atoms. The highest BCUT2D eigenvalue weighted by Crippen LogP contribution is 2.23. The van der Waals surface area contributed by atoms with E-state index < -0.39 is 0 Å². The molecule has 1 heterocycles. The van der Waals surface area contributed by atoms with Crippen LogP contribution in [-0.4, -0.2) is 5.91 Å². The second-order valence-corrected chi connectivity index (χ2v) is 6.21. The first-order chi connectivity index (χ1) is 12.5. The first kappa shape index (κ1) is 18.0. The molecule has 0 atom stereocenters. The predicted octanol–water partition coefficient (Wildman–Crippen LogP) is 4.89. The molecule has 1 amide bonds. The summed E-state index contributed by atoms with van der Waals surface area (Å²) in [7, 11) is 0. The molecule has 0 aliphatic carbocycles. The van der Waals surface area contributed by atoms with Gasteiger partial charge in [-0.2, -0.15) is 0 Å². The largest absolute Gasteiger partial charge is 0.485 e.